The van der Waals surface area contributed by atoms with Crippen LogP contribution in [-0.4, -0.2) is 38.9 Å². The number of aromatic nitrogens is 3. The molecule has 1 heterocycles. The van der Waals surface area contributed by atoms with Crippen molar-refractivity contribution in [2.75, 3.05) is 6.61 Å². The zero-order chi connectivity index (χ0) is 13.8. The third kappa shape index (κ3) is 3.16. The van der Waals surface area contributed by atoms with Gasteiger partial charge < -0.3 is 9.84 Å². The number of benzene rings is 1. The van der Waals surface area contributed by atoms with Crippen molar-refractivity contribution >= 4 is 11.0 Å². The Balaban J connectivity index is 1.54. The van der Waals surface area contributed by atoms with Gasteiger partial charge in [-0.2, -0.15) is 0 Å². The summed E-state index contributed by atoms with van der Waals surface area (Å²) in [5.74, 6) is 0. The van der Waals surface area contributed by atoms with Gasteiger partial charge in [0.05, 0.1) is 30.9 Å². The highest BCUT2D eigenvalue weighted by molar-refractivity contribution is 5.73. The summed E-state index contributed by atoms with van der Waals surface area (Å²) in [6.45, 7) is 0.798. The molecule has 2 aromatic rings. The highest BCUT2D eigenvalue weighted by Crippen LogP contribution is 2.20. The van der Waals surface area contributed by atoms with Gasteiger partial charge in [0.1, 0.15) is 5.52 Å². The van der Waals surface area contributed by atoms with Crippen molar-refractivity contribution in [2.24, 2.45) is 0 Å². The zero-order valence-corrected chi connectivity index (χ0v) is 11.6. The molecule has 1 aromatic heterocycles. The van der Waals surface area contributed by atoms with E-state index < -0.39 is 6.10 Å². The first-order valence-corrected chi connectivity index (χ1v) is 7.41. The second-order valence-electron chi connectivity index (χ2n) is 5.51. The minimum absolute atomic E-state index is 0.325. The van der Waals surface area contributed by atoms with E-state index in [1.165, 1.54) is 19.3 Å². The largest absolute Gasteiger partial charge is 0.389 e. The second kappa shape index (κ2) is 6.33. The number of hydrogen-bond acceptors (Lipinski definition) is 4. The van der Waals surface area contributed by atoms with Crippen LogP contribution in [0.1, 0.15) is 32.1 Å². The molecule has 1 fully saturated rings. The Bertz CT molecular complexity index is 549. The number of nitrogens with zero attached hydrogens (tertiary/aromatic N) is 3. The Morgan fingerprint density at radius 1 is 1.25 bits per heavy atom. The van der Waals surface area contributed by atoms with Crippen molar-refractivity contribution in [3.05, 3.63) is 24.3 Å². The molecule has 0 radical (unpaired) electrons. The molecule has 0 bridgehead atoms. The average molecular weight is 275 g/mol. The SMILES string of the molecule is OC(COC1CCCCC1)Cn1nnc2ccccc21. The molecule has 5 heteroatoms. The highest BCUT2D eigenvalue weighted by atomic mass is 16.5. The van der Waals surface area contributed by atoms with Crippen LogP contribution >= 0.6 is 0 Å². The number of ether oxygens (including phenoxy) is 1. The van der Waals surface area contributed by atoms with Gasteiger partial charge in [0.25, 0.3) is 0 Å². The predicted octanol–water partition coefficient (Wildman–Crippen LogP) is 2.14. The van der Waals surface area contributed by atoms with Crippen LogP contribution in [0.3, 0.4) is 0 Å². The molecule has 3 rings (SSSR count). The van der Waals surface area contributed by atoms with Gasteiger partial charge in [0, 0.05) is 0 Å². The summed E-state index contributed by atoms with van der Waals surface area (Å²) >= 11 is 0. The Morgan fingerprint density at radius 2 is 2.05 bits per heavy atom. The number of aliphatic hydroxyl groups is 1. The molecule has 1 unspecified atom stereocenters. The lowest BCUT2D eigenvalue weighted by Crippen LogP contribution is -2.27. The van der Waals surface area contributed by atoms with Crippen molar-refractivity contribution < 1.29 is 9.84 Å². The smallest absolute Gasteiger partial charge is 0.113 e. The summed E-state index contributed by atoms with van der Waals surface area (Å²) in [6.07, 6.45) is 5.83. The Morgan fingerprint density at radius 3 is 2.90 bits per heavy atom. The summed E-state index contributed by atoms with van der Waals surface area (Å²) in [6, 6.07) is 7.77. The Hall–Kier alpha value is -1.46. The van der Waals surface area contributed by atoms with Gasteiger partial charge in [-0.3, -0.25) is 0 Å². The van der Waals surface area contributed by atoms with E-state index >= 15 is 0 Å². The molecule has 108 valence electrons. The van der Waals surface area contributed by atoms with E-state index in [1.807, 2.05) is 24.3 Å². The second-order valence-corrected chi connectivity index (χ2v) is 5.51. The first-order valence-electron chi connectivity index (χ1n) is 7.41. The lowest BCUT2D eigenvalue weighted by Gasteiger charge is -2.23. The van der Waals surface area contributed by atoms with Crippen LogP contribution in [0.2, 0.25) is 0 Å². The number of rotatable bonds is 5. The molecule has 5 nitrogen and oxygen atoms in total. The zero-order valence-electron chi connectivity index (χ0n) is 11.6. The van der Waals surface area contributed by atoms with E-state index in [-0.39, 0.29) is 0 Å². The van der Waals surface area contributed by atoms with Gasteiger partial charge in [0.2, 0.25) is 0 Å². The first-order chi connectivity index (χ1) is 9.83. The first kappa shape index (κ1) is 13.5. The molecule has 0 saturated heterocycles. The van der Waals surface area contributed by atoms with Gasteiger partial charge in [0.15, 0.2) is 0 Å². The summed E-state index contributed by atoms with van der Waals surface area (Å²) in [5, 5.41) is 18.3. The monoisotopic (exact) mass is 275 g/mol. The third-order valence-electron chi connectivity index (χ3n) is 3.88. The fourth-order valence-electron chi connectivity index (χ4n) is 2.78. The lowest BCUT2D eigenvalue weighted by molar-refractivity contribution is -0.0290. The molecule has 20 heavy (non-hydrogen) atoms. The normalized spacial score (nSPS) is 18.4. The lowest BCUT2D eigenvalue weighted by atomic mass is 9.98. The molecule has 0 spiro atoms. The highest BCUT2D eigenvalue weighted by Gasteiger charge is 2.16. The van der Waals surface area contributed by atoms with Crippen LogP contribution in [0.5, 0.6) is 0 Å². The van der Waals surface area contributed by atoms with Crippen LogP contribution in [0.15, 0.2) is 24.3 Å². The van der Waals surface area contributed by atoms with E-state index in [9.17, 15) is 5.11 Å². The van der Waals surface area contributed by atoms with Crippen molar-refractivity contribution in [1.82, 2.24) is 15.0 Å². The van der Waals surface area contributed by atoms with Gasteiger partial charge in [-0.25, -0.2) is 4.68 Å². The molecule has 1 aromatic carbocycles. The van der Waals surface area contributed by atoms with Crippen LogP contribution in [0.4, 0.5) is 0 Å². The molecule has 1 N–H and O–H groups in total. The van der Waals surface area contributed by atoms with Crippen LogP contribution in [0.25, 0.3) is 11.0 Å². The number of para-hydroxylation sites is 1. The van der Waals surface area contributed by atoms with Crippen LogP contribution < -0.4 is 0 Å². The number of fused-ring (bicyclic) bond motifs is 1. The van der Waals surface area contributed by atoms with Crippen LogP contribution in [-0.2, 0) is 11.3 Å². The summed E-state index contributed by atoms with van der Waals surface area (Å²) in [4.78, 5) is 0. The summed E-state index contributed by atoms with van der Waals surface area (Å²) in [7, 11) is 0. The fourth-order valence-corrected chi connectivity index (χ4v) is 2.78. The molecule has 1 aliphatic carbocycles. The van der Waals surface area contributed by atoms with E-state index in [2.05, 4.69) is 10.3 Å². The Kier molecular flexibility index (Phi) is 4.28. The van der Waals surface area contributed by atoms with Crippen molar-refractivity contribution in [3.63, 3.8) is 0 Å². The molecule has 0 amide bonds. The van der Waals surface area contributed by atoms with Gasteiger partial charge in [-0.05, 0) is 25.0 Å². The number of aliphatic hydroxyl groups excluding tert-OH is 1. The van der Waals surface area contributed by atoms with Crippen LogP contribution in [0, 0.1) is 0 Å². The molecular formula is C15H21N3O2. The molecular weight excluding hydrogens is 254 g/mol. The van der Waals surface area contributed by atoms with Crippen molar-refractivity contribution in [2.45, 2.75) is 50.9 Å². The molecule has 1 saturated carbocycles. The summed E-state index contributed by atoms with van der Waals surface area (Å²) in [5.41, 5.74) is 1.80. The topological polar surface area (TPSA) is 60.2 Å². The molecule has 1 aliphatic rings. The minimum atomic E-state index is -0.540. The number of hydrogen-bond donors (Lipinski definition) is 1. The van der Waals surface area contributed by atoms with Crippen molar-refractivity contribution in [1.29, 1.82) is 0 Å². The minimum Gasteiger partial charge on any atom is -0.389 e. The maximum absolute atomic E-state index is 10.1. The van der Waals surface area contributed by atoms with E-state index in [0.717, 1.165) is 23.9 Å². The van der Waals surface area contributed by atoms with E-state index in [1.54, 1.807) is 4.68 Å². The quantitative estimate of drug-likeness (QED) is 0.908. The maximum atomic E-state index is 10.1. The predicted molar refractivity (Wildman–Crippen MR) is 76.4 cm³/mol. The standard InChI is InChI=1S/C15H21N3O2/c19-12(11-20-13-6-2-1-3-7-13)10-18-15-9-5-4-8-14(15)16-17-18/h4-5,8-9,12-13,19H,1-3,6-7,10-11H2. The van der Waals surface area contributed by atoms with Gasteiger partial charge >= 0.3 is 0 Å². The fraction of sp³-hybridized carbons (Fsp3) is 0.600. The summed E-state index contributed by atoms with van der Waals surface area (Å²) < 4.78 is 7.53. The average Bonchev–Trinajstić information content (AvgIpc) is 2.90. The maximum Gasteiger partial charge on any atom is 0.113 e. The molecule has 0 aliphatic heterocycles. The van der Waals surface area contributed by atoms with Gasteiger partial charge in [-0.1, -0.05) is 36.6 Å². The van der Waals surface area contributed by atoms with Crippen molar-refractivity contribution in [3.8, 4) is 0 Å². The Labute approximate surface area is 118 Å². The van der Waals surface area contributed by atoms with E-state index in [4.69, 9.17) is 4.74 Å². The van der Waals surface area contributed by atoms with Gasteiger partial charge in [-0.15, -0.1) is 5.10 Å². The van der Waals surface area contributed by atoms with E-state index in [0.29, 0.717) is 19.3 Å². The third-order valence-corrected chi connectivity index (χ3v) is 3.88. The molecule has 1 atom stereocenters.